The minimum atomic E-state index is -0.256. The molecule has 2 aliphatic heterocycles. The minimum Gasteiger partial charge on any atom is -0.391 e. The molecule has 1 spiro atoms. The first-order valence-corrected chi connectivity index (χ1v) is 9.81. The Hall–Kier alpha value is 0.230. The van der Waals surface area contributed by atoms with Crippen molar-refractivity contribution in [3.05, 3.63) is 0 Å². The van der Waals surface area contributed by atoms with Gasteiger partial charge in [-0.1, -0.05) is 20.8 Å². The van der Waals surface area contributed by atoms with E-state index in [9.17, 15) is 5.11 Å². The third kappa shape index (κ3) is 3.44. The van der Waals surface area contributed by atoms with E-state index in [4.69, 9.17) is 4.74 Å². The molecule has 0 saturated carbocycles. The second kappa shape index (κ2) is 7.20. The zero-order chi connectivity index (χ0) is 15.5. The van der Waals surface area contributed by atoms with E-state index in [0.717, 1.165) is 51.1 Å². The van der Waals surface area contributed by atoms with E-state index in [1.54, 1.807) is 0 Å². The Labute approximate surface area is 134 Å². The average Bonchev–Trinajstić information content (AvgIpc) is 2.95. The Morgan fingerprint density at radius 3 is 2.62 bits per heavy atom. The number of nitrogens with zero attached hydrogens (tertiary/aromatic N) is 1. The number of hydrogen-bond acceptors (Lipinski definition) is 4. The van der Waals surface area contributed by atoms with E-state index in [2.05, 4.69) is 32.6 Å². The number of hydrogen-bond donors (Lipinski definition) is 1. The van der Waals surface area contributed by atoms with Crippen molar-refractivity contribution in [3.8, 4) is 0 Å². The van der Waals surface area contributed by atoms with Gasteiger partial charge in [0, 0.05) is 17.9 Å². The fourth-order valence-corrected chi connectivity index (χ4v) is 5.65. The summed E-state index contributed by atoms with van der Waals surface area (Å²) in [6, 6.07) is 0. The number of rotatable bonds is 6. The van der Waals surface area contributed by atoms with Gasteiger partial charge in [-0.2, -0.15) is 11.8 Å². The van der Waals surface area contributed by atoms with Crippen LogP contribution in [0, 0.1) is 5.92 Å². The van der Waals surface area contributed by atoms with Gasteiger partial charge in [0.1, 0.15) is 0 Å². The number of aliphatic hydroxyl groups excluding tert-OH is 1. The second-order valence-corrected chi connectivity index (χ2v) is 8.02. The molecular formula is C17H33NO2S. The lowest BCUT2D eigenvalue weighted by molar-refractivity contribution is -0.129. The maximum absolute atomic E-state index is 11.2. The molecular weight excluding hydrogens is 282 g/mol. The molecule has 4 atom stereocenters. The smallest absolute Gasteiger partial charge is 0.0783 e. The summed E-state index contributed by atoms with van der Waals surface area (Å²) >= 11 is 2.00. The van der Waals surface area contributed by atoms with Gasteiger partial charge in [-0.05, 0) is 57.4 Å². The molecule has 4 unspecified atom stereocenters. The Bertz CT molecular complexity index is 329. The normalized spacial score (nSPS) is 34.3. The van der Waals surface area contributed by atoms with Crippen LogP contribution in [0.3, 0.4) is 0 Å². The Balaban J connectivity index is 2.11. The molecule has 0 amide bonds. The summed E-state index contributed by atoms with van der Waals surface area (Å²) in [4.78, 5) is 2.43. The first kappa shape index (κ1) is 17.6. The second-order valence-electron chi connectivity index (χ2n) is 6.91. The Kier molecular flexibility index (Phi) is 6.03. The number of ether oxygens (including phenoxy) is 1. The molecule has 0 aromatic heterocycles. The first-order chi connectivity index (χ1) is 10.0. The van der Waals surface area contributed by atoms with Crippen molar-refractivity contribution in [2.24, 2.45) is 5.92 Å². The van der Waals surface area contributed by atoms with E-state index >= 15 is 0 Å². The molecule has 4 heteroatoms. The highest BCUT2D eigenvalue weighted by Crippen LogP contribution is 2.43. The summed E-state index contributed by atoms with van der Waals surface area (Å²) in [5.74, 6) is 2.71. The van der Waals surface area contributed by atoms with Crippen LogP contribution in [0.25, 0.3) is 0 Å². The lowest BCUT2D eigenvalue weighted by Gasteiger charge is -2.49. The van der Waals surface area contributed by atoms with Gasteiger partial charge in [0.2, 0.25) is 0 Å². The van der Waals surface area contributed by atoms with Crippen molar-refractivity contribution < 1.29 is 9.84 Å². The van der Waals surface area contributed by atoms with E-state index in [1.807, 2.05) is 11.8 Å². The van der Waals surface area contributed by atoms with Crippen LogP contribution in [0.2, 0.25) is 0 Å². The first-order valence-electron chi connectivity index (χ1n) is 8.66. The lowest BCUT2D eigenvalue weighted by atomic mass is 9.74. The van der Waals surface area contributed by atoms with Gasteiger partial charge in [-0.3, -0.25) is 4.90 Å². The van der Waals surface area contributed by atoms with Crippen LogP contribution in [-0.4, -0.2) is 58.5 Å². The Morgan fingerprint density at radius 2 is 2.10 bits per heavy atom. The fourth-order valence-electron chi connectivity index (χ4n) is 4.27. The SMILES string of the molecule is CCN(CC)C(C)(CC)C(O)C1CCOC2(CCSC2)C1. The Morgan fingerprint density at radius 1 is 1.38 bits per heavy atom. The van der Waals surface area contributed by atoms with Crippen LogP contribution in [0.1, 0.15) is 53.4 Å². The highest BCUT2D eigenvalue weighted by atomic mass is 32.2. The average molecular weight is 316 g/mol. The fraction of sp³-hybridized carbons (Fsp3) is 1.00. The molecule has 0 aromatic carbocycles. The molecule has 2 rings (SSSR count). The van der Waals surface area contributed by atoms with Crippen LogP contribution in [0.5, 0.6) is 0 Å². The van der Waals surface area contributed by atoms with Crippen LogP contribution in [0.4, 0.5) is 0 Å². The predicted molar refractivity (Wildman–Crippen MR) is 91.0 cm³/mol. The molecule has 0 aromatic rings. The maximum atomic E-state index is 11.2. The molecule has 3 nitrogen and oxygen atoms in total. The molecule has 2 saturated heterocycles. The largest absolute Gasteiger partial charge is 0.391 e. The van der Waals surface area contributed by atoms with Crippen LogP contribution < -0.4 is 0 Å². The molecule has 2 aliphatic rings. The highest BCUT2D eigenvalue weighted by molar-refractivity contribution is 7.99. The molecule has 21 heavy (non-hydrogen) atoms. The van der Waals surface area contributed by atoms with E-state index in [1.165, 1.54) is 5.75 Å². The van der Waals surface area contributed by atoms with Crippen LogP contribution >= 0.6 is 11.8 Å². The quantitative estimate of drug-likeness (QED) is 0.816. The molecule has 0 radical (unpaired) electrons. The number of aliphatic hydroxyl groups is 1. The molecule has 0 bridgehead atoms. The molecule has 0 aliphatic carbocycles. The van der Waals surface area contributed by atoms with E-state index < -0.39 is 0 Å². The lowest BCUT2D eigenvalue weighted by Crippen LogP contribution is -2.58. The zero-order valence-electron chi connectivity index (χ0n) is 14.2. The summed E-state index contributed by atoms with van der Waals surface area (Å²) in [5.41, 5.74) is -0.0507. The van der Waals surface area contributed by atoms with Crippen molar-refractivity contribution >= 4 is 11.8 Å². The minimum absolute atomic E-state index is 0.0620. The van der Waals surface area contributed by atoms with Crippen molar-refractivity contribution in [2.45, 2.75) is 70.6 Å². The highest BCUT2D eigenvalue weighted by Gasteiger charge is 2.47. The van der Waals surface area contributed by atoms with Gasteiger partial charge in [0.15, 0.2) is 0 Å². The summed E-state index contributed by atoms with van der Waals surface area (Å²) in [6.45, 7) is 11.7. The van der Waals surface area contributed by atoms with E-state index in [0.29, 0.717) is 5.92 Å². The standard InChI is InChI=1S/C17H33NO2S/c1-5-16(4,18(6-2)7-3)15(19)14-8-10-20-17(12-14)9-11-21-13-17/h14-15,19H,5-13H2,1-4H3. The molecule has 1 N–H and O–H groups in total. The monoisotopic (exact) mass is 315 g/mol. The van der Waals surface area contributed by atoms with Crippen molar-refractivity contribution in [1.82, 2.24) is 4.90 Å². The van der Waals surface area contributed by atoms with Gasteiger partial charge in [-0.15, -0.1) is 0 Å². The zero-order valence-corrected chi connectivity index (χ0v) is 15.0. The summed E-state index contributed by atoms with van der Waals surface area (Å²) in [5, 5.41) is 11.2. The van der Waals surface area contributed by atoms with Gasteiger partial charge >= 0.3 is 0 Å². The summed E-state index contributed by atoms with van der Waals surface area (Å²) in [7, 11) is 0. The van der Waals surface area contributed by atoms with Crippen LogP contribution in [0.15, 0.2) is 0 Å². The van der Waals surface area contributed by atoms with Crippen molar-refractivity contribution in [3.63, 3.8) is 0 Å². The maximum Gasteiger partial charge on any atom is 0.0783 e. The van der Waals surface area contributed by atoms with Gasteiger partial charge in [0.05, 0.1) is 11.7 Å². The molecule has 2 heterocycles. The summed E-state index contributed by atoms with van der Waals surface area (Å²) in [6.07, 6.45) is 3.95. The van der Waals surface area contributed by atoms with Gasteiger partial charge in [-0.25, -0.2) is 0 Å². The van der Waals surface area contributed by atoms with Gasteiger partial charge in [0.25, 0.3) is 0 Å². The third-order valence-electron chi connectivity index (χ3n) is 5.88. The summed E-state index contributed by atoms with van der Waals surface area (Å²) < 4.78 is 6.12. The number of thioether (sulfide) groups is 1. The van der Waals surface area contributed by atoms with Crippen LogP contribution in [-0.2, 0) is 4.74 Å². The third-order valence-corrected chi connectivity index (χ3v) is 7.11. The van der Waals surface area contributed by atoms with E-state index in [-0.39, 0.29) is 17.2 Å². The topological polar surface area (TPSA) is 32.7 Å². The molecule has 124 valence electrons. The van der Waals surface area contributed by atoms with Gasteiger partial charge < -0.3 is 9.84 Å². The van der Waals surface area contributed by atoms with Crippen molar-refractivity contribution in [2.75, 3.05) is 31.2 Å². The number of likely N-dealkylation sites (N-methyl/N-ethyl adjacent to an activating group) is 1. The van der Waals surface area contributed by atoms with Crippen molar-refractivity contribution in [1.29, 1.82) is 0 Å². The molecule has 2 fully saturated rings. The predicted octanol–water partition coefficient (Wildman–Crippen LogP) is 3.16.